The van der Waals surface area contributed by atoms with Crippen LogP contribution in [-0.4, -0.2) is 24.3 Å². The first-order valence-corrected chi connectivity index (χ1v) is 8.84. The Hall–Kier alpha value is -3.48. The highest BCUT2D eigenvalue weighted by Gasteiger charge is 2.14. The fourth-order valence-corrected chi connectivity index (χ4v) is 2.74. The third kappa shape index (κ3) is 4.25. The van der Waals surface area contributed by atoms with Crippen LogP contribution in [0.3, 0.4) is 0 Å². The molecule has 0 unspecified atom stereocenters. The zero-order valence-electron chi connectivity index (χ0n) is 15.6. The number of fused-ring (bicyclic) bond motifs is 1. The second kappa shape index (κ2) is 8.47. The molecule has 1 aromatic heterocycles. The van der Waals surface area contributed by atoms with Crippen molar-refractivity contribution in [3.63, 3.8) is 0 Å². The van der Waals surface area contributed by atoms with E-state index >= 15 is 0 Å². The molecular formula is C21H20O7. The summed E-state index contributed by atoms with van der Waals surface area (Å²) in [5.41, 5.74) is 0.412. The molecule has 1 N–H and O–H groups in total. The summed E-state index contributed by atoms with van der Waals surface area (Å²) < 4.78 is 21.4. The Labute approximate surface area is 161 Å². The maximum Gasteiger partial charge on any atom is 0.338 e. The number of hydrogen-bond acceptors (Lipinski definition) is 7. The SMILES string of the molecule is CCOc1ccc(C(=O)OCc2cc(=O)oc3cc(O)ccc23)cc1OCC. The van der Waals surface area contributed by atoms with Crippen molar-refractivity contribution in [1.82, 2.24) is 0 Å². The molecule has 1 heterocycles. The van der Waals surface area contributed by atoms with E-state index in [0.29, 0.717) is 41.2 Å². The molecule has 3 aromatic rings. The van der Waals surface area contributed by atoms with Gasteiger partial charge in [-0.1, -0.05) is 0 Å². The molecule has 0 saturated heterocycles. The van der Waals surface area contributed by atoms with Crippen molar-refractivity contribution < 1.29 is 28.5 Å². The van der Waals surface area contributed by atoms with Crippen LogP contribution in [-0.2, 0) is 11.3 Å². The number of aromatic hydroxyl groups is 1. The molecule has 28 heavy (non-hydrogen) atoms. The predicted molar refractivity (Wildman–Crippen MR) is 102 cm³/mol. The Bertz CT molecular complexity index is 1050. The first-order valence-electron chi connectivity index (χ1n) is 8.84. The standard InChI is InChI=1S/C21H20O7/c1-3-25-17-8-5-13(9-19(17)26-4-2)21(24)27-12-14-10-20(23)28-18-11-15(22)6-7-16(14)18/h5-11,22H,3-4,12H2,1-2H3. The van der Waals surface area contributed by atoms with Gasteiger partial charge in [0.2, 0.25) is 0 Å². The van der Waals surface area contributed by atoms with Crippen molar-refractivity contribution in [1.29, 1.82) is 0 Å². The van der Waals surface area contributed by atoms with Gasteiger partial charge in [0.1, 0.15) is 17.9 Å². The van der Waals surface area contributed by atoms with Gasteiger partial charge < -0.3 is 23.7 Å². The Balaban J connectivity index is 1.82. The minimum Gasteiger partial charge on any atom is -0.508 e. The lowest BCUT2D eigenvalue weighted by Crippen LogP contribution is -2.08. The summed E-state index contributed by atoms with van der Waals surface area (Å²) in [5, 5.41) is 10.1. The van der Waals surface area contributed by atoms with E-state index in [1.54, 1.807) is 24.3 Å². The van der Waals surface area contributed by atoms with Gasteiger partial charge in [-0.15, -0.1) is 0 Å². The van der Waals surface area contributed by atoms with Crippen molar-refractivity contribution in [3.8, 4) is 17.2 Å². The number of phenolic OH excluding ortho intramolecular Hbond substituents is 1. The number of carbonyl (C=O) groups excluding carboxylic acids is 1. The molecule has 0 bridgehead atoms. The van der Waals surface area contributed by atoms with Crippen molar-refractivity contribution in [2.24, 2.45) is 0 Å². The van der Waals surface area contributed by atoms with Crippen LogP contribution in [0, 0.1) is 0 Å². The molecule has 0 amide bonds. The first kappa shape index (κ1) is 19.3. The number of ether oxygens (including phenoxy) is 3. The third-order valence-electron chi connectivity index (χ3n) is 3.95. The summed E-state index contributed by atoms with van der Waals surface area (Å²) in [4.78, 5) is 24.2. The van der Waals surface area contributed by atoms with Gasteiger partial charge in [-0.3, -0.25) is 0 Å². The van der Waals surface area contributed by atoms with Crippen molar-refractivity contribution in [2.45, 2.75) is 20.5 Å². The van der Waals surface area contributed by atoms with Gasteiger partial charge in [0.15, 0.2) is 11.5 Å². The van der Waals surface area contributed by atoms with Crippen LogP contribution >= 0.6 is 0 Å². The molecule has 0 atom stereocenters. The van der Waals surface area contributed by atoms with Crippen molar-refractivity contribution >= 4 is 16.9 Å². The number of phenols is 1. The minimum absolute atomic E-state index is 0.0253. The lowest BCUT2D eigenvalue weighted by Gasteiger charge is -2.12. The third-order valence-corrected chi connectivity index (χ3v) is 3.95. The number of rotatable bonds is 7. The topological polar surface area (TPSA) is 95.2 Å². The van der Waals surface area contributed by atoms with Gasteiger partial charge in [0.05, 0.1) is 18.8 Å². The molecule has 3 rings (SSSR count). The smallest absolute Gasteiger partial charge is 0.338 e. The van der Waals surface area contributed by atoms with E-state index < -0.39 is 11.6 Å². The van der Waals surface area contributed by atoms with E-state index in [4.69, 9.17) is 18.6 Å². The Morgan fingerprint density at radius 2 is 1.75 bits per heavy atom. The largest absolute Gasteiger partial charge is 0.508 e. The Kier molecular flexibility index (Phi) is 5.84. The number of benzene rings is 2. The van der Waals surface area contributed by atoms with Crippen LogP contribution in [0.5, 0.6) is 17.2 Å². The summed E-state index contributed by atoms with van der Waals surface area (Å²) in [7, 11) is 0. The molecule has 0 aliphatic rings. The lowest BCUT2D eigenvalue weighted by atomic mass is 10.1. The number of hydrogen-bond donors (Lipinski definition) is 1. The van der Waals surface area contributed by atoms with E-state index in [-0.39, 0.29) is 17.9 Å². The highest BCUT2D eigenvalue weighted by Crippen LogP contribution is 2.29. The molecule has 7 heteroatoms. The minimum atomic E-state index is -0.594. The van der Waals surface area contributed by atoms with Gasteiger partial charge in [0.25, 0.3) is 0 Å². The van der Waals surface area contributed by atoms with Crippen LogP contribution in [0.4, 0.5) is 0 Å². The molecule has 0 fully saturated rings. The molecule has 2 aromatic carbocycles. The van der Waals surface area contributed by atoms with Gasteiger partial charge in [-0.2, -0.15) is 0 Å². The van der Waals surface area contributed by atoms with Gasteiger partial charge in [-0.25, -0.2) is 9.59 Å². The lowest BCUT2D eigenvalue weighted by molar-refractivity contribution is 0.0473. The Morgan fingerprint density at radius 3 is 2.50 bits per heavy atom. The molecule has 146 valence electrons. The Morgan fingerprint density at radius 1 is 1.00 bits per heavy atom. The van der Waals surface area contributed by atoms with Crippen LogP contribution in [0.1, 0.15) is 29.8 Å². The van der Waals surface area contributed by atoms with Crippen LogP contribution in [0.2, 0.25) is 0 Å². The summed E-state index contributed by atoms with van der Waals surface area (Å²) in [6.45, 7) is 4.48. The molecule has 0 aliphatic heterocycles. The van der Waals surface area contributed by atoms with Gasteiger partial charge in [0, 0.05) is 23.1 Å². The van der Waals surface area contributed by atoms with Crippen LogP contribution in [0.15, 0.2) is 51.7 Å². The van der Waals surface area contributed by atoms with E-state index in [0.717, 1.165) is 0 Å². The monoisotopic (exact) mass is 384 g/mol. The van der Waals surface area contributed by atoms with Crippen LogP contribution < -0.4 is 15.1 Å². The zero-order valence-corrected chi connectivity index (χ0v) is 15.6. The average Bonchev–Trinajstić information content (AvgIpc) is 2.67. The van der Waals surface area contributed by atoms with E-state index in [1.807, 2.05) is 13.8 Å². The maximum atomic E-state index is 12.5. The van der Waals surface area contributed by atoms with E-state index in [2.05, 4.69) is 0 Å². The molecule has 0 radical (unpaired) electrons. The molecule has 0 saturated carbocycles. The summed E-state index contributed by atoms with van der Waals surface area (Å²) >= 11 is 0. The summed E-state index contributed by atoms with van der Waals surface area (Å²) in [5.74, 6) is 0.416. The maximum absolute atomic E-state index is 12.5. The molecule has 0 spiro atoms. The van der Waals surface area contributed by atoms with Gasteiger partial charge in [-0.05, 0) is 44.2 Å². The van der Waals surface area contributed by atoms with Crippen molar-refractivity contribution in [3.05, 3.63) is 64.0 Å². The molecule has 0 aliphatic carbocycles. The molecule has 7 nitrogen and oxygen atoms in total. The fourth-order valence-electron chi connectivity index (χ4n) is 2.74. The van der Waals surface area contributed by atoms with Crippen LogP contribution in [0.25, 0.3) is 11.0 Å². The number of carbonyl (C=O) groups is 1. The first-order chi connectivity index (χ1) is 13.5. The van der Waals surface area contributed by atoms with E-state index in [9.17, 15) is 14.7 Å². The summed E-state index contributed by atoms with van der Waals surface area (Å²) in [6, 6.07) is 10.5. The van der Waals surface area contributed by atoms with Crippen molar-refractivity contribution in [2.75, 3.05) is 13.2 Å². The van der Waals surface area contributed by atoms with E-state index in [1.165, 1.54) is 18.2 Å². The quantitative estimate of drug-likeness (QED) is 0.491. The predicted octanol–water partition coefficient (Wildman–Crippen LogP) is 3.65. The zero-order chi connectivity index (χ0) is 20.1. The average molecular weight is 384 g/mol. The fraction of sp³-hybridized carbons (Fsp3) is 0.238. The number of esters is 1. The second-order valence-electron chi connectivity index (χ2n) is 5.87. The highest BCUT2D eigenvalue weighted by molar-refractivity contribution is 5.90. The summed E-state index contributed by atoms with van der Waals surface area (Å²) in [6.07, 6.45) is 0. The second-order valence-corrected chi connectivity index (χ2v) is 5.87. The highest BCUT2D eigenvalue weighted by atomic mass is 16.5. The normalized spacial score (nSPS) is 10.6. The van der Waals surface area contributed by atoms with Gasteiger partial charge >= 0.3 is 11.6 Å². The molecular weight excluding hydrogens is 364 g/mol.